The molecule has 1 fully saturated rings. The Hall–Kier alpha value is -1.67. The van der Waals surface area contributed by atoms with Gasteiger partial charge >= 0.3 is 5.82 Å². The van der Waals surface area contributed by atoms with Crippen LogP contribution in [0.15, 0.2) is 11.6 Å². The van der Waals surface area contributed by atoms with E-state index >= 15 is 0 Å². The Morgan fingerprint density at radius 1 is 1.48 bits per heavy atom. The van der Waals surface area contributed by atoms with E-state index in [0.29, 0.717) is 22.6 Å². The summed E-state index contributed by atoms with van der Waals surface area (Å²) in [5.74, 6) is 1.80. The number of anilines is 1. The molecule has 3 unspecified atom stereocenters. The van der Waals surface area contributed by atoms with Crippen LogP contribution >= 0.6 is 11.3 Å². The maximum Gasteiger partial charge on any atom is 0.372 e. The van der Waals surface area contributed by atoms with E-state index in [1.54, 1.807) is 11.6 Å². The van der Waals surface area contributed by atoms with Crippen molar-refractivity contribution in [3.8, 4) is 0 Å². The predicted molar refractivity (Wildman–Crippen MR) is 92.2 cm³/mol. The van der Waals surface area contributed by atoms with Crippen molar-refractivity contribution in [3.63, 3.8) is 0 Å². The van der Waals surface area contributed by atoms with E-state index in [4.69, 9.17) is 0 Å². The lowest BCUT2D eigenvalue weighted by molar-refractivity contribution is -0.389. The number of imidazole rings is 1. The summed E-state index contributed by atoms with van der Waals surface area (Å²) in [7, 11) is 0. The molecule has 0 amide bonds. The minimum atomic E-state index is -0.368. The summed E-state index contributed by atoms with van der Waals surface area (Å²) in [5.41, 5.74) is 0. The fraction of sp³-hybridized carbons (Fsp3) is 0.667. The van der Waals surface area contributed by atoms with Crippen molar-refractivity contribution in [2.75, 3.05) is 25.0 Å². The van der Waals surface area contributed by atoms with Crippen molar-refractivity contribution in [1.29, 1.82) is 0 Å². The molecule has 1 aliphatic heterocycles. The van der Waals surface area contributed by atoms with Gasteiger partial charge in [-0.05, 0) is 30.1 Å². The Morgan fingerprint density at radius 3 is 2.83 bits per heavy atom. The molecule has 2 aromatic heterocycles. The van der Waals surface area contributed by atoms with Crippen LogP contribution in [-0.2, 0) is 0 Å². The van der Waals surface area contributed by atoms with Crippen LogP contribution in [0, 0.1) is 22.0 Å². The quantitative estimate of drug-likeness (QED) is 0.670. The summed E-state index contributed by atoms with van der Waals surface area (Å²) < 4.78 is 1.53. The number of nitrogens with one attached hydrogen (secondary N) is 1. The van der Waals surface area contributed by atoms with Gasteiger partial charge in [0.05, 0.1) is 0 Å². The summed E-state index contributed by atoms with van der Waals surface area (Å²) in [6.45, 7) is 9.69. The molecule has 0 saturated carbocycles. The van der Waals surface area contributed by atoms with Gasteiger partial charge in [0.25, 0.3) is 4.96 Å². The molecule has 7 nitrogen and oxygen atoms in total. The maximum atomic E-state index is 11.4. The maximum absolute atomic E-state index is 11.4. The molecule has 0 aromatic carbocycles. The first kappa shape index (κ1) is 16.2. The number of rotatable bonds is 5. The van der Waals surface area contributed by atoms with Gasteiger partial charge in [0, 0.05) is 31.1 Å². The molecule has 126 valence electrons. The van der Waals surface area contributed by atoms with Crippen LogP contribution in [0.25, 0.3) is 4.96 Å². The number of piperidine rings is 1. The van der Waals surface area contributed by atoms with Crippen molar-refractivity contribution >= 4 is 27.9 Å². The number of likely N-dealkylation sites (tertiary alicyclic amines) is 1. The molecule has 0 spiro atoms. The van der Waals surface area contributed by atoms with E-state index in [-0.39, 0.29) is 16.8 Å². The molecule has 3 rings (SSSR count). The lowest BCUT2D eigenvalue weighted by Crippen LogP contribution is -2.43. The highest BCUT2D eigenvalue weighted by Gasteiger charge is 2.27. The zero-order valence-electron chi connectivity index (χ0n) is 13.7. The third-order valence-corrected chi connectivity index (χ3v) is 5.03. The van der Waals surface area contributed by atoms with E-state index < -0.39 is 0 Å². The average molecular weight is 337 g/mol. The normalized spacial score (nSPS) is 24.0. The number of aromatic nitrogens is 2. The van der Waals surface area contributed by atoms with E-state index in [2.05, 4.69) is 36.0 Å². The molecule has 0 radical (unpaired) electrons. The lowest BCUT2D eigenvalue weighted by atomic mass is 9.92. The standard InChI is InChI=1S/C15H23N5O2S/c1-10-6-11(2)8-18(7-10)9-12(3)16-13-14(20(21)22)19-4-5-23-15(19)17-13/h4-5,10-12,16H,6-9H2,1-3H3. The number of nitro groups is 1. The molecular formula is C15H23N5O2S. The van der Waals surface area contributed by atoms with E-state index in [1.807, 2.05) is 0 Å². The molecule has 2 aromatic rings. The Bertz CT molecular complexity index is 687. The van der Waals surface area contributed by atoms with Gasteiger partial charge in [-0.1, -0.05) is 25.2 Å². The summed E-state index contributed by atoms with van der Waals surface area (Å²) in [6.07, 6.45) is 2.97. The van der Waals surface area contributed by atoms with Crippen LogP contribution in [0.5, 0.6) is 0 Å². The fourth-order valence-corrected chi connectivity index (χ4v) is 4.36. The third kappa shape index (κ3) is 3.48. The molecule has 0 aliphatic carbocycles. The molecule has 3 atom stereocenters. The monoisotopic (exact) mass is 337 g/mol. The van der Waals surface area contributed by atoms with Crippen molar-refractivity contribution in [2.45, 2.75) is 33.2 Å². The van der Waals surface area contributed by atoms with Crippen molar-refractivity contribution in [2.24, 2.45) is 11.8 Å². The first-order chi connectivity index (χ1) is 10.9. The van der Waals surface area contributed by atoms with Gasteiger partial charge in [0.1, 0.15) is 6.20 Å². The van der Waals surface area contributed by atoms with Gasteiger partial charge in [0.15, 0.2) is 0 Å². The van der Waals surface area contributed by atoms with Crippen LogP contribution in [0.3, 0.4) is 0 Å². The fourth-order valence-electron chi connectivity index (χ4n) is 3.65. The number of fused-ring (bicyclic) bond motifs is 1. The zero-order valence-corrected chi connectivity index (χ0v) is 14.5. The molecule has 3 heterocycles. The van der Waals surface area contributed by atoms with Crippen molar-refractivity contribution < 1.29 is 4.92 Å². The van der Waals surface area contributed by atoms with E-state index in [1.165, 1.54) is 22.2 Å². The summed E-state index contributed by atoms with van der Waals surface area (Å²) in [5, 5.41) is 16.4. The first-order valence-corrected chi connectivity index (χ1v) is 8.90. The van der Waals surface area contributed by atoms with Gasteiger partial charge < -0.3 is 20.3 Å². The minimum Gasteiger partial charge on any atom is -0.359 e. The van der Waals surface area contributed by atoms with Crippen molar-refractivity contribution in [1.82, 2.24) is 14.3 Å². The Balaban J connectivity index is 1.70. The number of hydrogen-bond acceptors (Lipinski definition) is 6. The Kier molecular flexibility index (Phi) is 4.54. The number of thiazole rings is 1. The largest absolute Gasteiger partial charge is 0.372 e. The Labute approximate surface area is 139 Å². The smallest absolute Gasteiger partial charge is 0.359 e. The van der Waals surface area contributed by atoms with Crippen LogP contribution in [0.4, 0.5) is 11.6 Å². The first-order valence-electron chi connectivity index (χ1n) is 8.03. The molecule has 1 N–H and O–H groups in total. The van der Waals surface area contributed by atoms with Crippen molar-refractivity contribution in [3.05, 3.63) is 21.7 Å². The molecule has 8 heteroatoms. The van der Waals surface area contributed by atoms with Crippen LogP contribution < -0.4 is 5.32 Å². The van der Waals surface area contributed by atoms with Gasteiger partial charge in [-0.2, -0.15) is 9.38 Å². The summed E-state index contributed by atoms with van der Waals surface area (Å²) >= 11 is 1.40. The van der Waals surface area contributed by atoms with E-state index in [0.717, 1.165) is 19.6 Å². The second-order valence-electron chi connectivity index (χ2n) is 6.81. The minimum absolute atomic E-state index is 0.0217. The number of hydrogen-bond donors (Lipinski definition) is 1. The summed E-state index contributed by atoms with van der Waals surface area (Å²) in [6, 6.07) is 0.107. The topological polar surface area (TPSA) is 75.7 Å². The SMILES string of the molecule is CC1CC(C)CN(CC(C)Nc2nc3sccn3c2[N+](=O)[O-])C1. The van der Waals surface area contributed by atoms with Gasteiger partial charge in [0.2, 0.25) is 5.82 Å². The summed E-state index contributed by atoms with van der Waals surface area (Å²) in [4.78, 5) is 18.4. The van der Waals surface area contributed by atoms with Crippen LogP contribution in [0.2, 0.25) is 0 Å². The molecule has 1 saturated heterocycles. The second kappa shape index (κ2) is 6.45. The lowest BCUT2D eigenvalue weighted by Gasteiger charge is -2.36. The zero-order chi connectivity index (χ0) is 16.6. The average Bonchev–Trinajstić information content (AvgIpc) is 2.96. The highest BCUT2D eigenvalue weighted by molar-refractivity contribution is 7.15. The number of nitrogens with zero attached hydrogens (tertiary/aromatic N) is 4. The molecular weight excluding hydrogens is 314 g/mol. The third-order valence-electron chi connectivity index (χ3n) is 4.27. The van der Waals surface area contributed by atoms with Gasteiger partial charge in [-0.25, -0.2) is 0 Å². The molecule has 0 bridgehead atoms. The highest BCUT2D eigenvalue weighted by atomic mass is 32.1. The van der Waals surface area contributed by atoms with Gasteiger partial charge in [-0.15, -0.1) is 0 Å². The Morgan fingerprint density at radius 2 is 2.17 bits per heavy atom. The predicted octanol–water partition coefficient (Wildman–Crippen LogP) is 3.08. The van der Waals surface area contributed by atoms with Crippen LogP contribution in [0.1, 0.15) is 27.2 Å². The second-order valence-corrected chi connectivity index (χ2v) is 7.68. The van der Waals surface area contributed by atoms with E-state index in [9.17, 15) is 10.1 Å². The van der Waals surface area contributed by atoms with Crippen LogP contribution in [-0.4, -0.2) is 44.9 Å². The molecule has 23 heavy (non-hydrogen) atoms. The van der Waals surface area contributed by atoms with Gasteiger partial charge in [-0.3, -0.25) is 0 Å². The highest BCUT2D eigenvalue weighted by Crippen LogP contribution is 2.29. The molecule has 1 aliphatic rings.